The predicted molar refractivity (Wildman–Crippen MR) is 90.7 cm³/mol. The number of fused-ring (bicyclic) bond motifs is 1. The smallest absolute Gasteiger partial charge is 0.299 e. The van der Waals surface area contributed by atoms with Crippen LogP contribution in [0.25, 0.3) is 11.1 Å². The van der Waals surface area contributed by atoms with Gasteiger partial charge < -0.3 is 18.8 Å². The molecule has 5 heteroatoms. The first-order valence-corrected chi connectivity index (χ1v) is 7.69. The number of anilines is 1. The summed E-state index contributed by atoms with van der Waals surface area (Å²) in [5.41, 5.74) is 2.62. The maximum absolute atomic E-state index is 9.45. The van der Waals surface area contributed by atoms with Crippen molar-refractivity contribution in [2.24, 2.45) is 0 Å². The summed E-state index contributed by atoms with van der Waals surface area (Å²) in [6, 6.07) is 19.1. The molecule has 0 aliphatic rings. The van der Waals surface area contributed by atoms with Crippen molar-refractivity contribution in [1.29, 1.82) is 0 Å². The fourth-order valence-electron chi connectivity index (χ4n) is 2.60. The van der Waals surface area contributed by atoms with E-state index in [4.69, 9.17) is 8.83 Å². The van der Waals surface area contributed by atoms with Crippen molar-refractivity contribution in [2.75, 3.05) is 4.90 Å². The minimum absolute atomic E-state index is 0.248. The third-order valence-electron chi connectivity index (χ3n) is 3.79. The van der Waals surface area contributed by atoms with E-state index in [2.05, 4.69) is 4.98 Å². The zero-order chi connectivity index (χ0) is 16.4. The van der Waals surface area contributed by atoms with E-state index in [1.165, 1.54) is 0 Å². The van der Waals surface area contributed by atoms with Crippen LogP contribution in [0.5, 0.6) is 5.75 Å². The quantitative estimate of drug-likeness (QED) is 0.593. The van der Waals surface area contributed by atoms with Gasteiger partial charge in [0.05, 0.1) is 12.8 Å². The molecule has 0 amide bonds. The largest absolute Gasteiger partial charge is 0.508 e. The van der Waals surface area contributed by atoms with Crippen LogP contribution >= 0.6 is 0 Å². The molecule has 0 unspecified atom stereocenters. The van der Waals surface area contributed by atoms with Gasteiger partial charge in [-0.15, -0.1) is 0 Å². The average Bonchev–Trinajstić information content (AvgIpc) is 3.25. The van der Waals surface area contributed by atoms with Crippen LogP contribution in [-0.4, -0.2) is 10.1 Å². The van der Waals surface area contributed by atoms with Gasteiger partial charge in [0.25, 0.3) is 6.01 Å². The number of aromatic hydroxyl groups is 1. The van der Waals surface area contributed by atoms with Gasteiger partial charge in [0.1, 0.15) is 17.0 Å². The Morgan fingerprint density at radius 1 is 0.917 bits per heavy atom. The number of furan rings is 1. The number of benzene rings is 2. The average molecular weight is 320 g/mol. The molecule has 0 saturated carbocycles. The Morgan fingerprint density at radius 3 is 2.50 bits per heavy atom. The summed E-state index contributed by atoms with van der Waals surface area (Å²) < 4.78 is 11.4. The van der Waals surface area contributed by atoms with Gasteiger partial charge in [-0.1, -0.05) is 24.3 Å². The molecular formula is C19H16N2O3. The molecule has 0 saturated heterocycles. The summed E-state index contributed by atoms with van der Waals surface area (Å²) in [4.78, 5) is 6.58. The minimum Gasteiger partial charge on any atom is -0.508 e. The summed E-state index contributed by atoms with van der Waals surface area (Å²) in [5, 5.41) is 9.45. The molecule has 5 nitrogen and oxygen atoms in total. The molecule has 24 heavy (non-hydrogen) atoms. The van der Waals surface area contributed by atoms with E-state index in [-0.39, 0.29) is 5.75 Å². The van der Waals surface area contributed by atoms with Crippen LogP contribution in [0.4, 0.5) is 6.01 Å². The highest BCUT2D eigenvalue weighted by atomic mass is 16.4. The zero-order valence-corrected chi connectivity index (χ0v) is 12.9. The lowest BCUT2D eigenvalue weighted by Gasteiger charge is -2.19. The molecule has 2 aromatic carbocycles. The number of phenols is 1. The summed E-state index contributed by atoms with van der Waals surface area (Å²) in [6.45, 7) is 1.13. The minimum atomic E-state index is 0.248. The van der Waals surface area contributed by atoms with Crippen LogP contribution in [0.1, 0.15) is 11.3 Å². The second-order valence-electron chi connectivity index (χ2n) is 5.57. The highest BCUT2D eigenvalue weighted by Crippen LogP contribution is 2.25. The normalized spacial score (nSPS) is 11.0. The van der Waals surface area contributed by atoms with Crippen LogP contribution < -0.4 is 4.90 Å². The lowest BCUT2D eigenvalue weighted by molar-refractivity contribution is 0.474. The molecule has 0 fully saturated rings. The monoisotopic (exact) mass is 320 g/mol. The van der Waals surface area contributed by atoms with E-state index in [1.807, 2.05) is 53.4 Å². The summed E-state index contributed by atoms with van der Waals surface area (Å²) in [7, 11) is 0. The van der Waals surface area contributed by atoms with Crippen molar-refractivity contribution >= 4 is 17.1 Å². The molecule has 2 heterocycles. The third kappa shape index (κ3) is 2.96. The number of hydrogen-bond donors (Lipinski definition) is 1. The predicted octanol–water partition coefficient (Wildman–Crippen LogP) is 4.33. The van der Waals surface area contributed by atoms with Crippen molar-refractivity contribution in [3.05, 3.63) is 78.3 Å². The van der Waals surface area contributed by atoms with Gasteiger partial charge in [-0.3, -0.25) is 0 Å². The van der Waals surface area contributed by atoms with Gasteiger partial charge >= 0.3 is 0 Å². The fraction of sp³-hybridized carbons (Fsp3) is 0.105. The molecule has 4 aromatic rings. The second kappa shape index (κ2) is 6.12. The Bertz CT molecular complexity index is 894. The van der Waals surface area contributed by atoms with E-state index < -0.39 is 0 Å². The number of rotatable bonds is 5. The van der Waals surface area contributed by atoms with E-state index in [0.717, 1.165) is 22.4 Å². The van der Waals surface area contributed by atoms with Gasteiger partial charge in [0, 0.05) is 6.54 Å². The first-order valence-electron chi connectivity index (χ1n) is 7.69. The number of oxazole rings is 1. The van der Waals surface area contributed by atoms with Gasteiger partial charge in [-0.25, -0.2) is 0 Å². The fourth-order valence-corrected chi connectivity index (χ4v) is 2.60. The van der Waals surface area contributed by atoms with Crippen molar-refractivity contribution in [2.45, 2.75) is 13.1 Å². The molecule has 120 valence electrons. The lowest BCUT2D eigenvalue weighted by Crippen LogP contribution is -2.22. The van der Waals surface area contributed by atoms with Crippen LogP contribution in [0.15, 0.2) is 75.8 Å². The molecule has 0 aliphatic carbocycles. The lowest BCUT2D eigenvalue weighted by atomic mass is 10.2. The third-order valence-corrected chi connectivity index (χ3v) is 3.79. The van der Waals surface area contributed by atoms with Gasteiger partial charge in [0.15, 0.2) is 5.58 Å². The van der Waals surface area contributed by atoms with Crippen molar-refractivity contribution in [3.8, 4) is 5.75 Å². The van der Waals surface area contributed by atoms with Crippen LogP contribution in [0.2, 0.25) is 0 Å². The number of nitrogens with zero attached hydrogens (tertiary/aromatic N) is 2. The molecule has 1 N–H and O–H groups in total. The number of hydrogen-bond acceptors (Lipinski definition) is 5. The maximum Gasteiger partial charge on any atom is 0.299 e. The highest BCUT2D eigenvalue weighted by molar-refractivity contribution is 5.74. The van der Waals surface area contributed by atoms with E-state index in [0.29, 0.717) is 19.1 Å². The van der Waals surface area contributed by atoms with Crippen LogP contribution in [0, 0.1) is 0 Å². The highest BCUT2D eigenvalue weighted by Gasteiger charge is 2.16. The van der Waals surface area contributed by atoms with E-state index >= 15 is 0 Å². The van der Waals surface area contributed by atoms with Crippen molar-refractivity contribution < 1.29 is 13.9 Å². The zero-order valence-electron chi connectivity index (χ0n) is 12.9. The van der Waals surface area contributed by atoms with E-state index in [1.54, 1.807) is 18.4 Å². The van der Waals surface area contributed by atoms with Crippen molar-refractivity contribution in [3.63, 3.8) is 0 Å². The molecule has 2 aromatic heterocycles. The van der Waals surface area contributed by atoms with Gasteiger partial charge in [0.2, 0.25) is 0 Å². The number of phenolic OH excluding ortho intramolecular Hbond substituents is 1. The molecule has 0 spiro atoms. The Balaban J connectivity index is 1.67. The first kappa shape index (κ1) is 14.4. The maximum atomic E-state index is 9.45. The summed E-state index contributed by atoms with van der Waals surface area (Å²) in [6.07, 6.45) is 1.65. The van der Waals surface area contributed by atoms with Gasteiger partial charge in [-0.2, -0.15) is 4.98 Å². The Labute approximate surface area is 138 Å². The molecule has 0 aliphatic heterocycles. The molecule has 4 rings (SSSR count). The number of para-hydroxylation sites is 2. The summed E-state index contributed by atoms with van der Waals surface area (Å²) in [5.74, 6) is 1.08. The first-order chi connectivity index (χ1) is 11.8. The molecule has 0 atom stereocenters. The second-order valence-corrected chi connectivity index (χ2v) is 5.57. The van der Waals surface area contributed by atoms with Crippen LogP contribution in [0.3, 0.4) is 0 Å². The topological polar surface area (TPSA) is 62.6 Å². The summed E-state index contributed by atoms with van der Waals surface area (Å²) >= 11 is 0. The Morgan fingerprint density at radius 2 is 1.75 bits per heavy atom. The Kier molecular flexibility index (Phi) is 3.67. The van der Waals surface area contributed by atoms with Crippen LogP contribution in [-0.2, 0) is 13.1 Å². The van der Waals surface area contributed by atoms with Gasteiger partial charge in [-0.05, 0) is 42.0 Å². The molecule has 0 bridgehead atoms. The SMILES string of the molecule is Oc1ccc(CN(Cc2ccco2)c2nc3ccccc3o2)cc1. The standard InChI is InChI=1S/C19H16N2O3/c22-15-9-7-14(8-10-15)12-21(13-16-4-3-11-23-16)19-20-17-5-1-2-6-18(17)24-19/h1-11,22H,12-13H2. The van der Waals surface area contributed by atoms with E-state index in [9.17, 15) is 5.11 Å². The Hall–Kier alpha value is -3.21. The molecular weight excluding hydrogens is 304 g/mol. The molecule has 0 radical (unpaired) electrons. The van der Waals surface area contributed by atoms with Crippen molar-refractivity contribution in [1.82, 2.24) is 4.98 Å². The number of aromatic nitrogens is 1.